The first-order chi connectivity index (χ1) is 13.8. The van der Waals surface area contributed by atoms with Gasteiger partial charge in [-0.25, -0.2) is 4.79 Å². The van der Waals surface area contributed by atoms with E-state index in [2.05, 4.69) is 10.6 Å². The van der Waals surface area contributed by atoms with Crippen molar-refractivity contribution in [2.24, 2.45) is 0 Å². The number of ether oxygens (including phenoxy) is 1. The molecule has 0 aliphatic heterocycles. The number of nitrogens with one attached hydrogen (secondary N) is 2. The van der Waals surface area contributed by atoms with Crippen LogP contribution in [0.3, 0.4) is 0 Å². The minimum Gasteiger partial charge on any atom is -0.453 e. The molecule has 29 heavy (non-hydrogen) atoms. The van der Waals surface area contributed by atoms with E-state index in [4.69, 9.17) is 4.74 Å². The highest BCUT2D eigenvalue weighted by molar-refractivity contribution is 7.20. The third-order valence-corrected chi connectivity index (χ3v) is 5.01. The van der Waals surface area contributed by atoms with E-state index in [1.54, 1.807) is 6.07 Å². The van der Waals surface area contributed by atoms with Crippen LogP contribution < -0.4 is 10.6 Å². The van der Waals surface area contributed by atoms with E-state index in [0.717, 1.165) is 10.1 Å². The van der Waals surface area contributed by atoms with Crippen molar-refractivity contribution in [1.29, 1.82) is 0 Å². The Morgan fingerprint density at radius 3 is 2.34 bits per heavy atom. The van der Waals surface area contributed by atoms with Gasteiger partial charge in [-0.2, -0.15) is 0 Å². The predicted molar refractivity (Wildman–Crippen MR) is 111 cm³/mol. The zero-order valence-corrected chi connectivity index (χ0v) is 16.6. The molecule has 0 fully saturated rings. The van der Waals surface area contributed by atoms with Gasteiger partial charge in [-0.15, -0.1) is 11.3 Å². The smallest absolute Gasteiger partial charge is 0.348 e. The Hall–Kier alpha value is -3.52. The van der Waals surface area contributed by atoms with E-state index < -0.39 is 18.4 Å². The van der Waals surface area contributed by atoms with Crippen LogP contribution in [0.25, 0.3) is 10.1 Å². The summed E-state index contributed by atoms with van der Waals surface area (Å²) in [6.07, 6.45) is 0. The van der Waals surface area contributed by atoms with Crippen molar-refractivity contribution in [3.8, 4) is 0 Å². The van der Waals surface area contributed by atoms with Gasteiger partial charge >= 0.3 is 5.97 Å². The molecule has 2 amide bonds. The summed E-state index contributed by atoms with van der Waals surface area (Å²) in [5, 5.41) is 6.07. The Balaban J connectivity index is 1.74. The number of anilines is 2. The number of rotatable bonds is 6. The van der Waals surface area contributed by atoms with Crippen LogP contribution in [0.4, 0.5) is 11.4 Å². The molecule has 148 valence electrons. The third kappa shape index (κ3) is 5.05. The molecule has 2 aromatic carbocycles. The van der Waals surface area contributed by atoms with E-state index in [1.165, 1.54) is 43.4 Å². The number of benzene rings is 2. The van der Waals surface area contributed by atoms with Crippen molar-refractivity contribution in [3.63, 3.8) is 0 Å². The lowest BCUT2D eigenvalue weighted by Gasteiger charge is -2.12. The molecule has 1 aromatic heterocycles. The molecule has 8 heteroatoms. The number of esters is 1. The number of Topliss-reactive ketones (excluding diaryl/α,β-unsaturated/α-hetero) is 1. The van der Waals surface area contributed by atoms with Gasteiger partial charge in [-0.3, -0.25) is 14.4 Å². The van der Waals surface area contributed by atoms with Gasteiger partial charge in [-0.05, 0) is 35.7 Å². The number of hydrogen-bond acceptors (Lipinski definition) is 6. The molecular weight excluding hydrogens is 392 g/mol. The Kier molecular flexibility index (Phi) is 6.04. The van der Waals surface area contributed by atoms with Crippen LogP contribution in [0.1, 0.15) is 33.9 Å². The maximum atomic E-state index is 12.6. The SMILES string of the molecule is CC(=O)Nc1ccc(C(=O)COC(=O)c2cc3ccccc3s2)c(NC(C)=O)c1. The molecule has 0 aliphatic carbocycles. The second-order valence-electron chi connectivity index (χ2n) is 6.27. The fraction of sp³-hybridized carbons (Fsp3) is 0.143. The summed E-state index contributed by atoms with van der Waals surface area (Å²) in [7, 11) is 0. The van der Waals surface area contributed by atoms with Crippen molar-refractivity contribution in [2.45, 2.75) is 13.8 Å². The third-order valence-electron chi connectivity index (χ3n) is 3.91. The fourth-order valence-electron chi connectivity index (χ4n) is 2.72. The number of amides is 2. The van der Waals surface area contributed by atoms with Crippen molar-refractivity contribution in [2.75, 3.05) is 17.2 Å². The second kappa shape index (κ2) is 8.66. The summed E-state index contributed by atoms with van der Waals surface area (Å²) < 4.78 is 6.12. The van der Waals surface area contributed by atoms with E-state index in [0.29, 0.717) is 10.6 Å². The summed E-state index contributed by atoms with van der Waals surface area (Å²) in [6, 6.07) is 13.7. The lowest BCUT2D eigenvalue weighted by Crippen LogP contribution is -2.17. The lowest BCUT2D eigenvalue weighted by molar-refractivity contribution is -0.115. The van der Waals surface area contributed by atoms with Gasteiger partial charge in [0.1, 0.15) is 4.88 Å². The molecular formula is C21H18N2O5S. The molecule has 1 heterocycles. The van der Waals surface area contributed by atoms with Crippen LogP contribution in [0.15, 0.2) is 48.5 Å². The minimum atomic E-state index is -0.588. The van der Waals surface area contributed by atoms with Crippen LogP contribution >= 0.6 is 11.3 Å². The molecule has 3 aromatic rings. The van der Waals surface area contributed by atoms with E-state index >= 15 is 0 Å². The first-order valence-electron chi connectivity index (χ1n) is 8.71. The first kappa shape index (κ1) is 20.2. The second-order valence-corrected chi connectivity index (χ2v) is 7.35. The van der Waals surface area contributed by atoms with Crippen molar-refractivity contribution in [1.82, 2.24) is 0 Å². The number of carbonyl (C=O) groups excluding carboxylic acids is 4. The summed E-state index contributed by atoms with van der Waals surface area (Å²) in [6.45, 7) is 2.19. The molecule has 0 atom stereocenters. The zero-order chi connectivity index (χ0) is 21.0. The van der Waals surface area contributed by atoms with Gasteiger partial charge in [-0.1, -0.05) is 18.2 Å². The minimum absolute atomic E-state index is 0.179. The van der Waals surface area contributed by atoms with Crippen LogP contribution in [0.5, 0.6) is 0 Å². The van der Waals surface area contributed by atoms with Gasteiger partial charge in [0.25, 0.3) is 0 Å². The van der Waals surface area contributed by atoms with E-state index in [1.807, 2.05) is 24.3 Å². The van der Waals surface area contributed by atoms with Gasteiger partial charge in [0.15, 0.2) is 6.61 Å². The van der Waals surface area contributed by atoms with Crippen molar-refractivity contribution in [3.05, 3.63) is 59.0 Å². The van der Waals surface area contributed by atoms with E-state index in [-0.39, 0.29) is 23.1 Å². The van der Waals surface area contributed by atoms with Gasteiger partial charge < -0.3 is 15.4 Å². The average Bonchev–Trinajstić information content (AvgIpc) is 3.09. The number of ketones is 1. The van der Waals surface area contributed by atoms with Crippen LogP contribution in [0.2, 0.25) is 0 Å². The molecule has 0 saturated heterocycles. The largest absolute Gasteiger partial charge is 0.453 e. The summed E-state index contributed by atoms with van der Waals surface area (Å²) in [4.78, 5) is 48.0. The zero-order valence-electron chi connectivity index (χ0n) is 15.8. The molecule has 2 N–H and O–H groups in total. The summed E-state index contributed by atoms with van der Waals surface area (Å²) in [5.74, 6) is -1.72. The number of thiophene rings is 1. The standard InChI is InChI=1S/C21H18N2O5S/c1-12(24)22-15-7-8-16(17(10-15)23-13(2)25)18(26)11-28-21(27)20-9-14-5-3-4-6-19(14)29-20/h3-10H,11H2,1-2H3,(H,22,24)(H,23,25). The molecule has 0 spiro atoms. The Morgan fingerprint density at radius 2 is 1.66 bits per heavy atom. The van der Waals surface area contributed by atoms with Crippen molar-refractivity contribution >= 4 is 56.4 Å². The first-order valence-corrected chi connectivity index (χ1v) is 9.53. The molecule has 0 unspecified atom stereocenters. The average molecular weight is 410 g/mol. The van der Waals surface area contributed by atoms with Gasteiger partial charge in [0, 0.05) is 29.8 Å². The maximum Gasteiger partial charge on any atom is 0.348 e. The number of carbonyl (C=O) groups is 4. The Labute approximate surface area is 170 Å². The van der Waals surface area contributed by atoms with Gasteiger partial charge in [0.2, 0.25) is 17.6 Å². The molecule has 0 aliphatic rings. The normalized spacial score (nSPS) is 10.4. The molecule has 3 rings (SSSR count). The molecule has 0 radical (unpaired) electrons. The molecule has 0 bridgehead atoms. The number of fused-ring (bicyclic) bond motifs is 1. The quantitative estimate of drug-likeness (QED) is 0.475. The highest BCUT2D eigenvalue weighted by Crippen LogP contribution is 2.26. The van der Waals surface area contributed by atoms with Crippen LogP contribution in [0, 0.1) is 0 Å². The summed E-state index contributed by atoms with van der Waals surface area (Å²) in [5.41, 5.74) is 0.838. The Bertz CT molecular complexity index is 1090. The predicted octanol–water partition coefficient (Wildman–Crippen LogP) is 3.86. The monoisotopic (exact) mass is 410 g/mol. The van der Waals surface area contributed by atoms with Gasteiger partial charge in [0.05, 0.1) is 5.69 Å². The molecule has 7 nitrogen and oxygen atoms in total. The topological polar surface area (TPSA) is 102 Å². The van der Waals surface area contributed by atoms with Crippen molar-refractivity contribution < 1.29 is 23.9 Å². The lowest BCUT2D eigenvalue weighted by atomic mass is 10.1. The molecule has 0 saturated carbocycles. The fourth-order valence-corrected chi connectivity index (χ4v) is 3.68. The van der Waals surface area contributed by atoms with Crippen LogP contribution in [-0.4, -0.2) is 30.2 Å². The summed E-state index contributed by atoms with van der Waals surface area (Å²) >= 11 is 1.29. The highest BCUT2D eigenvalue weighted by atomic mass is 32.1. The maximum absolute atomic E-state index is 12.6. The highest BCUT2D eigenvalue weighted by Gasteiger charge is 2.18. The van der Waals surface area contributed by atoms with Crippen LogP contribution in [-0.2, 0) is 14.3 Å². The number of hydrogen-bond donors (Lipinski definition) is 2. The Morgan fingerprint density at radius 1 is 0.931 bits per heavy atom. The van der Waals surface area contributed by atoms with E-state index in [9.17, 15) is 19.2 Å².